The van der Waals surface area contributed by atoms with Crippen LogP contribution in [0.15, 0.2) is 0 Å². The summed E-state index contributed by atoms with van der Waals surface area (Å²) in [6.45, 7) is 13.6. The fraction of sp³-hybridized carbons (Fsp3) is 1.00. The van der Waals surface area contributed by atoms with E-state index in [-0.39, 0.29) is 17.6 Å². The van der Waals surface area contributed by atoms with Crippen molar-refractivity contribution in [3.63, 3.8) is 0 Å². The molecule has 0 aromatic carbocycles. The first-order valence-corrected chi connectivity index (χ1v) is 10.6. The topological polar surface area (TPSA) is 52.6 Å². The first-order valence-electron chi connectivity index (χ1n) is 5.83. The molecule has 0 spiro atoms. The Morgan fingerprint density at radius 3 is 2.00 bits per heavy atom. The Labute approximate surface area is 107 Å². The molecule has 17 heavy (non-hydrogen) atoms. The fourth-order valence-electron chi connectivity index (χ4n) is 0.855. The zero-order valence-electron chi connectivity index (χ0n) is 12.0. The van der Waals surface area contributed by atoms with E-state index in [9.17, 15) is 8.42 Å². The van der Waals surface area contributed by atoms with Crippen LogP contribution in [-0.2, 0) is 18.7 Å². The third kappa shape index (κ3) is 7.18. The molecule has 1 atom stereocenters. The largest absolute Gasteiger partial charge is 0.416 e. The summed E-state index contributed by atoms with van der Waals surface area (Å²) in [5, 5.41) is 0.171. The predicted molar refractivity (Wildman–Crippen MR) is 73.1 cm³/mol. The normalized spacial score (nSPS) is 15.9. The molecule has 1 unspecified atom stereocenters. The summed E-state index contributed by atoms with van der Waals surface area (Å²) in [5.41, 5.74) is 0. The Hall–Kier alpha value is 0.0869. The lowest BCUT2D eigenvalue weighted by atomic mass is 10.2. The molecule has 0 saturated heterocycles. The number of rotatable bonds is 6. The van der Waals surface area contributed by atoms with Gasteiger partial charge >= 0.3 is 0 Å². The molecule has 0 fully saturated rings. The van der Waals surface area contributed by atoms with Gasteiger partial charge in [-0.1, -0.05) is 27.7 Å². The fourth-order valence-corrected chi connectivity index (χ4v) is 2.47. The minimum atomic E-state index is -3.35. The average Bonchev–Trinajstić information content (AvgIpc) is 2.08. The molecule has 0 aromatic rings. The van der Waals surface area contributed by atoms with Crippen molar-refractivity contribution >= 4 is 18.4 Å². The lowest BCUT2D eigenvalue weighted by molar-refractivity contribution is 0.181. The van der Waals surface area contributed by atoms with Crippen molar-refractivity contribution in [1.29, 1.82) is 0 Å². The van der Waals surface area contributed by atoms with E-state index in [2.05, 4.69) is 33.9 Å². The lowest BCUT2D eigenvalue weighted by Crippen LogP contribution is -2.42. The Kier molecular flexibility index (Phi) is 5.85. The van der Waals surface area contributed by atoms with Crippen LogP contribution >= 0.6 is 0 Å². The summed E-state index contributed by atoms with van der Waals surface area (Å²) in [5.74, 6) is 0.0823. The molecule has 0 aliphatic rings. The maximum Gasteiger partial charge on any atom is 0.264 e. The second-order valence-corrected chi connectivity index (χ2v) is 12.6. The predicted octanol–water partition coefficient (Wildman–Crippen LogP) is 2.62. The minimum Gasteiger partial charge on any atom is -0.416 e. The first-order chi connectivity index (χ1) is 7.35. The van der Waals surface area contributed by atoms with Gasteiger partial charge in [-0.25, -0.2) is 0 Å². The van der Waals surface area contributed by atoms with E-state index in [1.165, 1.54) is 0 Å². The van der Waals surface area contributed by atoms with Crippen molar-refractivity contribution in [2.45, 2.75) is 45.8 Å². The van der Waals surface area contributed by atoms with Gasteiger partial charge in [-0.3, -0.25) is 4.18 Å². The quantitative estimate of drug-likeness (QED) is 0.555. The van der Waals surface area contributed by atoms with E-state index in [0.29, 0.717) is 6.61 Å². The van der Waals surface area contributed by atoms with Gasteiger partial charge in [0, 0.05) is 12.5 Å². The van der Waals surface area contributed by atoms with Crippen LogP contribution in [0.1, 0.15) is 27.7 Å². The maximum absolute atomic E-state index is 10.8. The average molecular weight is 282 g/mol. The molecule has 0 aromatic heterocycles. The number of hydrogen-bond donors (Lipinski definition) is 0. The zero-order valence-corrected chi connectivity index (χ0v) is 13.8. The third-order valence-corrected chi connectivity index (χ3v) is 8.17. The molecule has 0 aliphatic heterocycles. The van der Waals surface area contributed by atoms with Crippen molar-refractivity contribution < 1.29 is 17.0 Å². The highest BCUT2D eigenvalue weighted by Crippen LogP contribution is 2.36. The highest BCUT2D eigenvalue weighted by atomic mass is 32.2. The summed E-state index contributed by atoms with van der Waals surface area (Å²) in [6.07, 6.45) is 1.06. The van der Waals surface area contributed by atoms with Gasteiger partial charge in [0.15, 0.2) is 8.32 Å². The summed E-state index contributed by atoms with van der Waals surface area (Å²) >= 11 is 0. The summed E-state index contributed by atoms with van der Waals surface area (Å²) in [6, 6.07) is 0. The molecule has 0 N–H and O–H groups in total. The van der Waals surface area contributed by atoms with Gasteiger partial charge in [-0.2, -0.15) is 8.42 Å². The van der Waals surface area contributed by atoms with E-state index in [1.54, 1.807) is 0 Å². The van der Waals surface area contributed by atoms with Crippen molar-refractivity contribution in [2.24, 2.45) is 5.92 Å². The van der Waals surface area contributed by atoms with E-state index in [4.69, 9.17) is 8.61 Å². The summed E-state index contributed by atoms with van der Waals surface area (Å²) in [7, 11) is -5.09. The molecule has 0 heterocycles. The van der Waals surface area contributed by atoms with E-state index < -0.39 is 18.4 Å². The van der Waals surface area contributed by atoms with Crippen molar-refractivity contribution in [3.8, 4) is 0 Å². The van der Waals surface area contributed by atoms with Crippen LogP contribution in [0.3, 0.4) is 0 Å². The molecule has 0 amide bonds. The molecule has 0 saturated carbocycles. The maximum atomic E-state index is 10.8. The monoisotopic (exact) mass is 282 g/mol. The summed E-state index contributed by atoms with van der Waals surface area (Å²) in [4.78, 5) is 0. The molecular formula is C11H26O4SSi. The Balaban J connectivity index is 4.13. The number of hydrogen-bond acceptors (Lipinski definition) is 4. The second-order valence-electron chi connectivity index (χ2n) is 6.17. The summed E-state index contributed by atoms with van der Waals surface area (Å²) < 4.78 is 32.4. The van der Waals surface area contributed by atoms with Crippen LogP contribution < -0.4 is 0 Å². The Morgan fingerprint density at radius 1 is 1.18 bits per heavy atom. The van der Waals surface area contributed by atoms with Crippen molar-refractivity contribution in [1.82, 2.24) is 0 Å². The Morgan fingerprint density at radius 2 is 1.65 bits per heavy atom. The molecule has 0 bridgehead atoms. The lowest BCUT2D eigenvalue weighted by Gasteiger charge is -2.36. The van der Waals surface area contributed by atoms with Crippen molar-refractivity contribution in [3.05, 3.63) is 0 Å². The molecule has 4 nitrogen and oxygen atoms in total. The van der Waals surface area contributed by atoms with Gasteiger partial charge in [-0.05, 0) is 18.1 Å². The molecule has 0 radical (unpaired) electrons. The van der Waals surface area contributed by atoms with Gasteiger partial charge < -0.3 is 4.43 Å². The molecule has 6 heteroatoms. The molecule has 104 valence electrons. The van der Waals surface area contributed by atoms with E-state index in [1.807, 2.05) is 6.92 Å². The Bertz CT molecular complexity index is 330. The standard InChI is InChI=1S/C11H26O4SSi/c1-10(8-14-16(5,12)13)9-15-17(6,7)11(2,3)4/h10H,8-9H2,1-7H3. The van der Waals surface area contributed by atoms with Crippen LogP contribution in [-0.4, -0.2) is 36.2 Å². The van der Waals surface area contributed by atoms with Gasteiger partial charge in [-0.15, -0.1) is 0 Å². The second kappa shape index (κ2) is 5.82. The highest BCUT2D eigenvalue weighted by Gasteiger charge is 2.37. The van der Waals surface area contributed by atoms with Gasteiger partial charge in [0.1, 0.15) is 0 Å². The zero-order chi connectivity index (χ0) is 13.9. The van der Waals surface area contributed by atoms with Crippen LogP contribution in [0.4, 0.5) is 0 Å². The van der Waals surface area contributed by atoms with Crippen LogP contribution in [0.5, 0.6) is 0 Å². The molecular weight excluding hydrogens is 256 g/mol. The van der Waals surface area contributed by atoms with Crippen LogP contribution in [0.2, 0.25) is 18.1 Å². The molecule has 0 aliphatic carbocycles. The van der Waals surface area contributed by atoms with Gasteiger partial charge in [0.05, 0.1) is 12.9 Å². The van der Waals surface area contributed by atoms with Gasteiger partial charge in [0.25, 0.3) is 10.1 Å². The van der Waals surface area contributed by atoms with Crippen LogP contribution in [0.25, 0.3) is 0 Å². The first kappa shape index (κ1) is 17.1. The minimum absolute atomic E-state index is 0.0823. The third-order valence-electron chi connectivity index (χ3n) is 3.10. The molecule has 0 rings (SSSR count). The van der Waals surface area contributed by atoms with Crippen molar-refractivity contribution in [2.75, 3.05) is 19.5 Å². The SMILES string of the molecule is CC(CO[Si](C)(C)C(C)(C)C)COS(C)(=O)=O. The van der Waals surface area contributed by atoms with E-state index >= 15 is 0 Å². The highest BCUT2D eigenvalue weighted by molar-refractivity contribution is 7.85. The van der Waals surface area contributed by atoms with E-state index in [0.717, 1.165) is 6.26 Å². The van der Waals surface area contributed by atoms with Crippen LogP contribution in [0, 0.1) is 5.92 Å². The van der Waals surface area contributed by atoms with Gasteiger partial charge in [0.2, 0.25) is 0 Å². The smallest absolute Gasteiger partial charge is 0.264 e.